The lowest BCUT2D eigenvalue weighted by Gasteiger charge is -2.21. The second-order valence-corrected chi connectivity index (χ2v) is 2.88. The van der Waals surface area contributed by atoms with Crippen molar-refractivity contribution < 1.29 is 0 Å². The fraction of sp³-hybridized carbons (Fsp3) is 0.750. The lowest BCUT2D eigenvalue weighted by atomic mass is 10.4. The van der Waals surface area contributed by atoms with E-state index in [9.17, 15) is 0 Å². The van der Waals surface area contributed by atoms with Gasteiger partial charge < -0.3 is 9.80 Å². The number of amidine groups is 2. The first kappa shape index (κ1) is 10.9. The van der Waals surface area contributed by atoms with Gasteiger partial charge in [0, 0.05) is 42.3 Å². The van der Waals surface area contributed by atoms with Gasteiger partial charge in [-0.3, -0.25) is 9.98 Å². The third-order valence-corrected chi connectivity index (χ3v) is 1.47. The zero-order valence-electron chi connectivity index (χ0n) is 8.79. The molecule has 0 aliphatic rings. The molecule has 0 unspecified atom stereocenters. The van der Waals surface area contributed by atoms with E-state index in [-0.39, 0.29) is 0 Å². The molecule has 0 aromatic carbocycles. The van der Waals surface area contributed by atoms with Crippen molar-refractivity contribution in [3.05, 3.63) is 0 Å². The van der Waals surface area contributed by atoms with Gasteiger partial charge in [0.25, 0.3) is 0 Å². The second-order valence-electron chi connectivity index (χ2n) is 2.88. The number of hydrogen-bond acceptors (Lipinski definition) is 2. The van der Waals surface area contributed by atoms with Crippen LogP contribution < -0.4 is 0 Å². The van der Waals surface area contributed by atoms with Gasteiger partial charge in [0.2, 0.25) is 0 Å². The van der Waals surface area contributed by atoms with Crippen LogP contribution in [-0.2, 0) is 0 Å². The van der Waals surface area contributed by atoms with Crippen LogP contribution in [0.3, 0.4) is 0 Å². The molecule has 0 radical (unpaired) electrons. The van der Waals surface area contributed by atoms with Gasteiger partial charge in [-0.1, -0.05) is 0 Å². The minimum Gasteiger partial charge on any atom is -0.360 e. The fourth-order valence-corrected chi connectivity index (χ4v) is 1.00. The van der Waals surface area contributed by atoms with Gasteiger partial charge in [0.1, 0.15) is 0 Å². The largest absolute Gasteiger partial charge is 0.360 e. The number of nitrogens with zero attached hydrogens (tertiary/aromatic N) is 4. The van der Waals surface area contributed by atoms with Crippen molar-refractivity contribution in [3.63, 3.8) is 0 Å². The number of rotatable bonds is 0. The third kappa shape index (κ3) is 2.53. The summed E-state index contributed by atoms with van der Waals surface area (Å²) >= 11 is 0. The molecule has 0 amide bonds. The lowest BCUT2D eigenvalue weighted by molar-refractivity contribution is 0.589. The Bertz CT molecular complexity index is 169. The summed E-state index contributed by atoms with van der Waals surface area (Å²) < 4.78 is 0. The zero-order chi connectivity index (χ0) is 9.72. The highest BCUT2D eigenvalue weighted by atomic mass is 15.2. The van der Waals surface area contributed by atoms with Gasteiger partial charge in [0.15, 0.2) is 11.7 Å². The molecular weight excluding hydrogens is 152 g/mol. The Morgan fingerprint density at radius 2 is 1.00 bits per heavy atom. The van der Waals surface area contributed by atoms with Crippen molar-refractivity contribution in [3.8, 4) is 0 Å². The number of aliphatic imine (C=N–C) groups is 2. The fourth-order valence-electron chi connectivity index (χ4n) is 1.00. The van der Waals surface area contributed by atoms with Crippen molar-refractivity contribution in [2.45, 2.75) is 0 Å². The molecule has 4 nitrogen and oxygen atoms in total. The van der Waals surface area contributed by atoms with Crippen LogP contribution in [0.5, 0.6) is 0 Å². The van der Waals surface area contributed by atoms with Crippen LogP contribution >= 0.6 is 0 Å². The van der Waals surface area contributed by atoms with Crippen LogP contribution in [0.25, 0.3) is 0 Å². The molecule has 4 heteroatoms. The molecule has 0 bridgehead atoms. The van der Waals surface area contributed by atoms with Crippen molar-refractivity contribution in [1.29, 1.82) is 0 Å². The Morgan fingerprint density at radius 1 is 0.750 bits per heavy atom. The molecule has 0 aromatic heterocycles. The van der Waals surface area contributed by atoms with Gasteiger partial charge in [-0.15, -0.1) is 0 Å². The normalized spacial score (nSPS) is 13.2. The molecule has 0 aliphatic heterocycles. The first-order chi connectivity index (χ1) is 5.54. The highest BCUT2D eigenvalue weighted by Crippen LogP contribution is 1.91. The van der Waals surface area contributed by atoms with Crippen LogP contribution in [-0.4, -0.2) is 63.8 Å². The third-order valence-electron chi connectivity index (χ3n) is 1.47. The van der Waals surface area contributed by atoms with Crippen LogP contribution in [0.1, 0.15) is 0 Å². The van der Waals surface area contributed by atoms with Crippen molar-refractivity contribution in [2.24, 2.45) is 9.98 Å². The summed E-state index contributed by atoms with van der Waals surface area (Å²) in [5, 5.41) is 0. The van der Waals surface area contributed by atoms with E-state index >= 15 is 0 Å². The average molecular weight is 170 g/mol. The van der Waals surface area contributed by atoms with Crippen LogP contribution in [0.2, 0.25) is 0 Å². The first-order valence-corrected chi connectivity index (χ1v) is 3.83. The quantitative estimate of drug-likeness (QED) is 0.383. The molecule has 70 valence electrons. The maximum absolute atomic E-state index is 4.15. The second kappa shape index (κ2) is 4.74. The van der Waals surface area contributed by atoms with Gasteiger partial charge in [-0.25, -0.2) is 0 Å². The summed E-state index contributed by atoms with van der Waals surface area (Å²) in [7, 11) is 11.4. The van der Waals surface area contributed by atoms with Gasteiger partial charge >= 0.3 is 0 Å². The molecule has 0 saturated heterocycles. The molecule has 0 spiro atoms. The standard InChI is InChI=1S/C8H18N4/c1-9-7(11(3)4)8(10-2)12(5)6/h1-6H3. The molecule has 0 fully saturated rings. The number of hydrogen-bond donors (Lipinski definition) is 0. The molecule has 0 rings (SSSR count). The Balaban J connectivity index is 4.73. The van der Waals surface area contributed by atoms with Crippen LogP contribution in [0.15, 0.2) is 9.98 Å². The Kier molecular flexibility index (Phi) is 4.33. The molecule has 0 atom stereocenters. The molecule has 0 N–H and O–H groups in total. The average Bonchev–Trinajstić information content (AvgIpc) is 1.98. The number of likely N-dealkylation sites (N-methyl/N-ethyl adjacent to an activating group) is 2. The van der Waals surface area contributed by atoms with Gasteiger partial charge in [-0.2, -0.15) is 0 Å². The Hall–Kier alpha value is -1.06. The van der Waals surface area contributed by atoms with E-state index < -0.39 is 0 Å². The summed E-state index contributed by atoms with van der Waals surface area (Å²) in [4.78, 5) is 12.2. The van der Waals surface area contributed by atoms with E-state index in [0.717, 1.165) is 11.7 Å². The highest BCUT2D eigenvalue weighted by Gasteiger charge is 2.10. The minimum atomic E-state index is 0.891. The monoisotopic (exact) mass is 170 g/mol. The maximum Gasteiger partial charge on any atom is 0.166 e. The lowest BCUT2D eigenvalue weighted by Crippen LogP contribution is -2.38. The summed E-state index contributed by atoms with van der Waals surface area (Å²) in [6, 6.07) is 0. The summed E-state index contributed by atoms with van der Waals surface area (Å²) in [5.74, 6) is 1.78. The molecule has 0 saturated carbocycles. The summed E-state index contributed by atoms with van der Waals surface area (Å²) in [6.07, 6.45) is 0. The van der Waals surface area contributed by atoms with E-state index in [1.54, 1.807) is 14.1 Å². The van der Waals surface area contributed by atoms with Crippen molar-refractivity contribution >= 4 is 11.7 Å². The first-order valence-electron chi connectivity index (χ1n) is 3.83. The van der Waals surface area contributed by atoms with E-state index in [0.29, 0.717) is 0 Å². The SMILES string of the molecule is CN=C(C(=NC)N(C)C)N(C)C. The van der Waals surface area contributed by atoms with E-state index in [4.69, 9.17) is 0 Å². The molecule has 0 heterocycles. The van der Waals surface area contributed by atoms with Crippen molar-refractivity contribution in [1.82, 2.24) is 9.80 Å². The Morgan fingerprint density at radius 3 is 1.08 bits per heavy atom. The smallest absolute Gasteiger partial charge is 0.166 e. The highest BCUT2D eigenvalue weighted by molar-refractivity contribution is 6.39. The molecule has 0 aliphatic carbocycles. The van der Waals surface area contributed by atoms with Gasteiger partial charge in [0.05, 0.1) is 0 Å². The van der Waals surface area contributed by atoms with Crippen LogP contribution in [0, 0.1) is 0 Å². The maximum atomic E-state index is 4.15. The van der Waals surface area contributed by atoms with E-state index in [2.05, 4.69) is 9.98 Å². The van der Waals surface area contributed by atoms with E-state index in [1.165, 1.54) is 0 Å². The topological polar surface area (TPSA) is 31.2 Å². The van der Waals surface area contributed by atoms with Gasteiger partial charge in [-0.05, 0) is 0 Å². The zero-order valence-corrected chi connectivity index (χ0v) is 8.79. The van der Waals surface area contributed by atoms with E-state index in [1.807, 2.05) is 38.0 Å². The van der Waals surface area contributed by atoms with Crippen molar-refractivity contribution in [2.75, 3.05) is 42.3 Å². The Labute approximate surface area is 74.6 Å². The predicted octanol–water partition coefficient (Wildman–Crippen LogP) is 0.166. The minimum absolute atomic E-state index is 0.891. The summed E-state index contributed by atoms with van der Waals surface area (Å²) in [5.41, 5.74) is 0. The molecular formula is C8H18N4. The summed E-state index contributed by atoms with van der Waals surface area (Å²) in [6.45, 7) is 0. The van der Waals surface area contributed by atoms with Crippen LogP contribution in [0.4, 0.5) is 0 Å². The molecule has 12 heavy (non-hydrogen) atoms. The predicted molar refractivity (Wildman–Crippen MR) is 54.1 cm³/mol. The molecule has 0 aromatic rings.